The van der Waals surface area contributed by atoms with Gasteiger partial charge in [-0.2, -0.15) is 10.2 Å². The summed E-state index contributed by atoms with van der Waals surface area (Å²) in [7, 11) is 0. The Hall–Kier alpha value is -0.960. The minimum absolute atomic E-state index is 0.418. The van der Waals surface area contributed by atoms with E-state index in [4.69, 9.17) is 0 Å². The van der Waals surface area contributed by atoms with E-state index in [0.717, 1.165) is 18.4 Å². The van der Waals surface area contributed by atoms with Crippen LogP contribution in [0.2, 0.25) is 0 Å². The molecular weight excluding hydrogens is 152 g/mol. The molecule has 3 heteroatoms. The van der Waals surface area contributed by atoms with Gasteiger partial charge < -0.3 is 5.11 Å². The maximum absolute atomic E-state index is 9.99. The number of aliphatic hydroxyl groups is 1. The van der Waals surface area contributed by atoms with Gasteiger partial charge in [-0.25, -0.2) is 0 Å². The quantitative estimate of drug-likeness (QED) is 0.711. The molecule has 1 aromatic rings. The third-order valence-electron chi connectivity index (χ3n) is 2.65. The van der Waals surface area contributed by atoms with E-state index in [-0.39, 0.29) is 0 Å². The molecule has 2 atom stereocenters. The molecule has 2 rings (SSSR count). The molecule has 0 aliphatic heterocycles. The standard InChI is InChI=1S/C9H12N2O/c1-2-7-5-9(7,12)8-3-4-10-11-6-8/h3-4,6-7,12H,2,5H2,1H3. The Morgan fingerprint density at radius 3 is 3.00 bits per heavy atom. The first-order valence-electron chi connectivity index (χ1n) is 4.27. The molecule has 0 spiro atoms. The minimum Gasteiger partial charge on any atom is -0.385 e. The zero-order valence-corrected chi connectivity index (χ0v) is 7.07. The lowest BCUT2D eigenvalue weighted by Gasteiger charge is -2.07. The second kappa shape index (κ2) is 2.52. The lowest BCUT2D eigenvalue weighted by molar-refractivity contribution is 0.130. The van der Waals surface area contributed by atoms with Gasteiger partial charge in [-0.3, -0.25) is 0 Å². The molecule has 1 aliphatic rings. The van der Waals surface area contributed by atoms with E-state index in [9.17, 15) is 5.11 Å². The first-order chi connectivity index (χ1) is 5.77. The number of hydrogen-bond donors (Lipinski definition) is 1. The predicted molar refractivity (Wildman–Crippen MR) is 44.3 cm³/mol. The van der Waals surface area contributed by atoms with Gasteiger partial charge in [0.1, 0.15) is 0 Å². The van der Waals surface area contributed by atoms with E-state index < -0.39 is 5.60 Å². The van der Waals surface area contributed by atoms with Crippen LogP contribution in [0.25, 0.3) is 0 Å². The smallest absolute Gasteiger partial charge is 0.0945 e. The van der Waals surface area contributed by atoms with E-state index in [1.54, 1.807) is 12.4 Å². The van der Waals surface area contributed by atoms with Crippen molar-refractivity contribution in [3.05, 3.63) is 24.0 Å². The monoisotopic (exact) mass is 164 g/mol. The normalized spacial score (nSPS) is 33.3. The topological polar surface area (TPSA) is 46.0 Å². The van der Waals surface area contributed by atoms with E-state index >= 15 is 0 Å². The van der Waals surface area contributed by atoms with Crippen LogP contribution in [0.15, 0.2) is 18.5 Å². The highest BCUT2D eigenvalue weighted by Crippen LogP contribution is 2.53. The van der Waals surface area contributed by atoms with Gasteiger partial charge in [0.25, 0.3) is 0 Å². The number of nitrogens with zero attached hydrogens (tertiary/aromatic N) is 2. The highest BCUT2D eigenvalue weighted by Gasteiger charge is 2.52. The molecule has 64 valence electrons. The molecule has 0 aromatic carbocycles. The SMILES string of the molecule is CCC1CC1(O)c1ccnnc1. The van der Waals surface area contributed by atoms with Crippen molar-refractivity contribution in [1.82, 2.24) is 10.2 Å². The van der Waals surface area contributed by atoms with Crippen LogP contribution in [-0.4, -0.2) is 15.3 Å². The van der Waals surface area contributed by atoms with Crippen molar-refractivity contribution in [1.29, 1.82) is 0 Å². The Morgan fingerprint density at radius 2 is 2.50 bits per heavy atom. The van der Waals surface area contributed by atoms with Crippen LogP contribution in [0.5, 0.6) is 0 Å². The van der Waals surface area contributed by atoms with Crippen molar-refractivity contribution >= 4 is 0 Å². The van der Waals surface area contributed by atoms with Gasteiger partial charge in [-0.15, -0.1) is 0 Å². The summed E-state index contributed by atoms with van der Waals surface area (Å²) in [5.41, 5.74) is 0.314. The van der Waals surface area contributed by atoms with Crippen molar-refractivity contribution in [2.24, 2.45) is 5.92 Å². The van der Waals surface area contributed by atoms with E-state index in [2.05, 4.69) is 17.1 Å². The highest BCUT2D eigenvalue weighted by molar-refractivity contribution is 5.25. The third-order valence-corrected chi connectivity index (χ3v) is 2.65. The fourth-order valence-corrected chi connectivity index (χ4v) is 1.70. The minimum atomic E-state index is -0.593. The molecule has 1 fully saturated rings. The molecule has 1 N–H and O–H groups in total. The molecule has 1 aliphatic carbocycles. The molecule has 2 unspecified atom stereocenters. The average molecular weight is 164 g/mol. The second-order valence-electron chi connectivity index (χ2n) is 3.36. The molecule has 0 bridgehead atoms. The fourth-order valence-electron chi connectivity index (χ4n) is 1.70. The van der Waals surface area contributed by atoms with Crippen LogP contribution in [0.1, 0.15) is 25.3 Å². The lowest BCUT2D eigenvalue weighted by atomic mass is 10.1. The summed E-state index contributed by atoms with van der Waals surface area (Å²) in [6, 6.07) is 1.84. The Bertz CT molecular complexity index is 275. The highest BCUT2D eigenvalue weighted by atomic mass is 16.3. The van der Waals surface area contributed by atoms with Gasteiger partial charge in [0, 0.05) is 11.8 Å². The van der Waals surface area contributed by atoms with Crippen molar-refractivity contribution in [3.8, 4) is 0 Å². The summed E-state index contributed by atoms with van der Waals surface area (Å²) in [5.74, 6) is 0.418. The molecule has 1 heterocycles. The zero-order valence-electron chi connectivity index (χ0n) is 7.07. The Labute approximate surface area is 71.5 Å². The Morgan fingerprint density at radius 1 is 1.67 bits per heavy atom. The molecule has 12 heavy (non-hydrogen) atoms. The Kier molecular flexibility index (Phi) is 1.61. The van der Waals surface area contributed by atoms with Crippen molar-refractivity contribution < 1.29 is 5.11 Å². The van der Waals surface area contributed by atoms with Crippen molar-refractivity contribution in [3.63, 3.8) is 0 Å². The number of rotatable bonds is 2. The van der Waals surface area contributed by atoms with E-state index in [1.165, 1.54) is 0 Å². The van der Waals surface area contributed by atoms with Crippen LogP contribution in [0.4, 0.5) is 0 Å². The van der Waals surface area contributed by atoms with Crippen LogP contribution in [0.3, 0.4) is 0 Å². The van der Waals surface area contributed by atoms with E-state index in [0.29, 0.717) is 5.92 Å². The van der Waals surface area contributed by atoms with Gasteiger partial charge in [0.15, 0.2) is 0 Å². The lowest BCUT2D eigenvalue weighted by Crippen LogP contribution is -2.08. The first kappa shape index (κ1) is 7.68. The second-order valence-corrected chi connectivity index (χ2v) is 3.36. The summed E-state index contributed by atoms with van der Waals surface area (Å²) in [5, 5.41) is 17.4. The van der Waals surface area contributed by atoms with Crippen molar-refractivity contribution in [2.45, 2.75) is 25.4 Å². The van der Waals surface area contributed by atoms with Crippen LogP contribution >= 0.6 is 0 Å². The van der Waals surface area contributed by atoms with Gasteiger partial charge in [0.2, 0.25) is 0 Å². The zero-order chi connectivity index (χ0) is 8.60. The third kappa shape index (κ3) is 1.01. The molecule has 1 aromatic heterocycles. The fraction of sp³-hybridized carbons (Fsp3) is 0.556. The molecule has 0 amide bonds. The summed E-state index contributed by atoms with van der Waals surface area (Å²) in [6.07, 6.45) is 5.17. The number of aromatic nitrogens is 2. The number of hydrogen-bond acceptors (Lipinski definition) is 3. The van der Waals surface area contributed by atoms with Crippen molar-refractivity contribution in [2.75, 3.05) is 0 Å². The molecular formula is C9H12N2O. The van der Waals surface area contributed by atoms with Gasteiger partial charge in [-0.1, -0.05) is 13.3 Å². The molecule has 0 radical (unpaired) electrons. The van der Waals surface area contributed by atoms with Gasteiger partial charge in [-0.05, 0) is 18.4 Å². The largest absolute Gasteiger partial charge is 0.385 e. The summed E-state index contributed by atoms with van der Waals surface area (Å²) >= 11 is 0. The molecule has 3 nitrogen and oxygen atoms in total. The Balaban J connectivity index is 2.23. The summed E-state index contributed by atoms with van der Waals surface area (Å²) < 4.78 is 0. The molecule has 1 saturated carbocycles. The summed E-state index contributed by atoms with van der Waals surface area (Å²) in [6.45, 7) is 2.09. The average Bonchev–Trinajstić information content (AvgIpc) is 2.81. The maximum Gasteiger partial charge on any atom is 0.0945 e. The van der Waals surface area contributed by atoms with E-state index in [1.807, 2.05) is 6.07 Å². The van der Waals surface area contributed by atoms with Gasteiger partial charge in [0.05, 0.1) is 11.8 Å². The molecule has 0 saturated heterocycles. The summed E-state index contributed by atoms with van der Waals surface area (Å²) in [4.78, 5) is 0. The van der Waals surface area contributed by atoms with Gasteiger partial charge >= 0.3 is 0 Å². The van der Waals surface area contributed by atoms with Crippen LogP contribution < -0.4 is 0 Å². The predicted octanol–water partition coefficient (Wildman–Crippen LogP) is 1.09. The van der Waals surface area contributed by atoms with Crippen LogP contribution in [0, 0.1) is 5.92 Å². The van der Waals surface area contributed by atoms with Crippen LogP contribution in [-0.2, 0) is 5.60 Å². The maximum atomic E-state index is 9.99. The first-order valence-corrected chi connectivity index (χ1v) is 4.27.